The van der Waals surface area contributed by atoms with E-state index in [1.54, 1.807) is 22.8 Å². The molecule has 1 atom stereocenters. The van der Waals surface area contributed by atoms with Crippen molar-refractivity contribution in [1.82, 2.24) is 9.55 Å². The molecule has 2 heterocycles. The van der Waals surface area contributed by atoms with Gasteiger partial charge in [-0.05, 0) is 31.4 Å². The number of benzene rings is 1. The number of carbonyl (C=O) groups excluding carboxylic acids is 1. The Hall–Kier alpha value is -1.50. The van der Waals surface area contributed by atoms with Crippen molar-refractivity contribution in [2.45, 2.75) is 36.9 Å². The molecule has 0 fully saturated rings. The average molecular weight is 396 g/mol. The van der Waals surface area contributed by atoms with E-state index in [0.29, 0.717) is 21.5 Å². The highest BCUT2D eigenvalue weighted by atomic mass is 35.5. The third kappa shape index (κ3) is 3.07. The van der Waals surface area contributed by atoms with E-state index < -0.39 is 0 Å². The van der Waals surface area contributed by atoms with E-state index in [4.69, 9.17) is 23.2 Å². The van der Waals surface area contributed by atoms with E-state index in [9.17, 15) is 9.59 Å². The molecular formula is C17H15Cl2N3O2S. The summed E-state index contributed by atoms with van der Waals surface area (Å²) < 4.78 is 1.69. The summed E-state index contributed by atoms with van der Waals surface area (Å²) in [5.74, 6) is 0.469. The second-order valence-corrected chi connectivity index (χ2v) is 7.94. The zero-order chi connectivity index (χ0) is 17.6. The maximum atomic E-state index is 12.7. The Morgan fingerprint density at radius 1 is 1.36 bits per heavy atom. The predicted molar refractivity (Wildman–Crippen MR) is 100.0 cm³/mol. The van der Waals surface area contributed by atoms with Gasteiger partial charge in [0.25, 0.3) is 5.56 Å². The smallest absolute Gasteiger partial charge is 0.257 e. The largest absolute Gasteiger partial charge is 0.325 e. The molecule has 1 unspecified atom stereocenters. The van der Waals surface area contributed by atoms with Gasteiger partial charge in [-0.25, -0.2) is 4.98 Å². The van der Waals surface area contributed by atoms with Crippen molar-refractivity contribution in [2.24, 2.45) is 0 Å². The SMILES string of the molecule is O=C(CC1CSc2nc3c(c(=O)n21)CCC3)Nc1cccc(Cl)c1Cl. The molecule has 2 aromatic rings. The summed E-state index contributed by atoms with van der Waals surface area (Å²) >= 11 is 13.6. The summed E-state index contributed by atoms with van der Waals surface area (Å²) in [5, 5.41) is 4.21. The molecule has 130 valence electrons. The first-order chi connectivity index (χ1) is 12.0. The first-order valence-electron chi connectivity index (χ1n) is 8.05. The minimum Gasteiger partial charge on any atom is -0.325 e. The van der Waals surface area contributed by atoms with Gasteiger partial charge in [0, 0.05) is 17.7 Å². The fourth-order valence-electron chi connectivity index (χ4n) is 3.32. The number of thioether (sulfide) groups is 1. The number of anilines is 1. The average Bonchev–Trinajstić information content (AvgIpc) is 3.20. The van der Waals surface area contributed by atoms with Crippen LogP contribution < -0.4 is 10.9 Å². The van der Waals surface area contributed by atoms with Gasteiger partial charge in [0.05, 0.1) is 27.5 Å². The van der Waals surface area contributed by atoms with Gasteiger partial charge in [-0.2, -0.15) is 0 Å². The number of amides is 1. The van der Waals surface area contributed by atoms with E-state index in [1.165, 1.54) is 11.8 Å². The van der Waals surface area contributed by atoms with Crippen LogP contribution in [-0.4, -0.2) is 21.2 Å². The maximum Gasteiger partial charge on any atom is 0.257 e. The number of fused-ring (bicyclic) bond motifs is 2. The van der Waals surface area contributed by atoms with Gasteiger partial charge in [-0.1, -0.05) is 41.0 Å². The molecule has 0 spiro atoms. The molecule has 4 rings (SSSR count). The van der Waals surface area contributed by atoms with Crippen LogP contribution in [0, 0.1) is 0 Å². The van der Waals surface area contributed by atoms with E-state index in [0.717, 1.165) is 35.7 Å². The van der Waals surface area contributed by atoms with Crippen LogP contribution in [0.25, 0.3) is 0 Å². The number of aromatic nitrogens is 2. The number of aryl methyl sites for hydroxylation is 1. The number of hydrogen-bond acceptors (Lipinski definition) is 4. The summed E-state index contributed by atoms with van der Waals surface area (Å²) in [4.78, 5) is 29.8. The number of rotatable bonds is 3. The highest BCUT2D eigenvalue weighted by molar-refractivity contribution is 7.99. The number of halogens is 2. The third-order valence-electron chi connectivity index (χ3n) is 4.52. The van der Waals surface area contributed by atoms with Crippen molar-refractivity contribution >= 4 is 46.6 Å². The normalized spacial score (nSPS) is 18.1. The summed E-state index contributed by atoms with van der Waals surface area (Å²) in [6.45, 7) is 0. The van der Waals surface area contributed by atoms with Crippen LogP contribution in [0.2, 0.25) is 10.0 Å². The first kappa shape index (κ1) is 16.9. The molecule has 1 aliphatic carbocycles. The highest BCUT2D eigenvalue weighted by Crippen LogP contribution is 2.35. The van der Waals surface area contributed by atoms with E-state index in [2.05, 4.69) is 10.3 Å². The van der Waals surface area contributed by atoms with Crippen molar-refractivity contribution in [1.29, 1.82) is 0 Å². The van der Waals surface area contributed by atoms with Gasteiger partial charge in [0.1, 0.15) is 0 Å². The molecule has 0 bridgehead atoms. The molecule has 1 aliphatic heterocycles. The quantitative estimate of drug-likeness (QED) is 0.804. The molecule has 1 amide bonds. The lowest BCUT2D eigenvalue weighted by Crippen LogP contribution is -2.30. The summed E-state index contributed by atoms with van der Waals surface area (Å²) in [6, 6.07) is 4.89. The molecule has 8 heteroatoms. The molecule has 2 aliphatic rings. The summed E-state index contributed by atoms with van der Waals surface area (Å²) in [5.41, 5.74) is 2.24. The van der Waals surface area contributed by atoms with E-state index in [-0.39, 0.29) is 23.9 Å². The Labute approximate surface area is 158 Å². The second kappa shape index (κ2) is 6.67. The van der Waals surface area contributed by atoms with Crippen LogP contribution in [-0.2, 0) is 17.6 Å². The lowest BCUT2D eigenvalue weighted by Gasteiger charge is -2.15. The van der Waals surface area contributed by atoms with Gasteiger partial charge in [-0.3, -0.25) is 14.2 Å². The number of nitrogens with zero attached hydrogens (tertiary/aromatic N) is 2. The molecule has 1 aromatic heterocycles. The lowest BCUT2D eigenvalue weighted by molar-refractivity contribution is -0.116. The van der Waals surface area contributed by atoms with Crippen LogP contribution >= 0.6 is 35.0 Å². The molecular weight excluding hydrogens is 381 g/mol. The number of hydrogen-bond donors (Lipinski definition) is 1. The van der Waals surface area contributed by atoms with Crippen LogP contribution in [0.1, 0.15) is 30.1 Å². The summed E-state index contributed by atoms with van der Waals surface area (Å²) in [6.07, 6.45) is 2.83. The van der Waals surface area contributed by atoms with Crippen LogP contribution in [0.3, 0.4) is 0 Å². The topological polar surface area (TPSA) is 64.0 Å². The zero-order valence-corrected chi connectivity index (χ0v) is 15.5. The van der Waals surface area contributed by atoms with Crippen molar-refractivity contribution < 1.29 is 4.79 Å². The molecule has 0 radical (unpaired) electrons. The number of nitrogens with one attached hydrogen (secondary N) is 1. The van der Waals surface area contributed by atoms with Crippen molar-refractivity contribution in [3.8, 4) is 0 Å². The summed E-state index contributed by atoms with van der Waals surface area (Å²) in [7, 11) is 0. The van der Waals surface area contributed by atoms with Crippen LogP contribution in [0.5, 0.6) is 0 Å². The predicted octanol–water partition coefficient (Wildman–Crippen LogP) is 3.71. The number of carbonyl (C=O) groups is 1. The Balaban J connectivity index is 1.55. The molecule has 25 heavy (non-hydrogen) atoms. The standard InChI is InChI=1S/C17H15Cl2N3O2S/c18-11-4-2-6-13(15(11)19)20-14(23)7-9-8-25-17-21-12-5-1-3-10(12)16(24)22(9)17/h2,4,6,9H,1,3,5,7-8H2,(H,20,23). The van der Waals surface area contributed by atoms with Crippen molar-refractivity contribution in [3.05, 3.63) is 49.9 Å². The van der Waals surface area contributed by atoms with E-state index >= 15 is 0 Å². The van der Waals surface area contributed by atoms with Gasteiger partial charge in [0.15, 0.2) is 5.16 Å². The zero-order valence-electron chi connectivity index (χ0n) is 13.2. The van der Waals surface area contributed by atoms with Gasteiger partial charge >= 0.3 is 0 Å². The lowest BCUT2D eigenvalue weighted by atomic mass is 10.2. The van der Waals surface area contributed by atoms with Gasteiger partial charge in [-0.15, -0.1) is 0 Å². The van der Waals surface area contributed by atoms with Gasteiger partial charge < -0.3 is 5.32 Å². The molecule has 1 aromatic carbocycles. The minimum atomic E-state index is -0.199. The van der Waals surface area contributed by atoms with Gasteiger partial charge in [0.2, 0.25) is 5.91 Å². The maximum absolute atomic E-state index is 12.7. The molecule has 1 N–H and O–H groups in total. The molecule has 5 nitrogen and oxygen atoms in total. The fraction of sp³-hybridized carbons (Fsp3) is 0.353. The Kier molecular flexibility index (Phi) is 4.52. The third-order valence-corrected chi connectivity index (χ3v) is 6.44. The molecule has 0 saturated carbocycles. The molecule has 0 saturated heterocycles. The Bertz CT molecular complexity index is 929. The van der Waals surface area contributed by atoms with Crippen molar-refractivity contribution in [3.63, 3.8) is 0 Å². The van der Waals surface area contributed by atoms with Crippen molar-refractivity contribution in [2.75, 3.05) is 11.1 Å². The monoisotopic (exact) mass is 395 g/mol. The highest BCUT2D eigenvalue weighted by Gasteiger charge is 2.31. The van der Waals surface area contributed by atoms with Crippen LogP contribution in [0.15, 0.2) is 28.2 Å². The fourth-order valence-corrected chi connectivity index (χ4v) is 4.82. The Morgan fingerprint density at radius 3 is 3.04 bits per heavy atom. The second-order valence-electron chi connectivity index (χ2n) is 6.17. The Morgan fingerprint density at radius 2 is 2.20 bits per heavy atom. The minimum absolute atomic E-state index is 0.0149. The van der Waals surface area contributed by atoms with E-state index in [1.807, 2.05) is 0 Å². The first-order valence-corrected chi connectivity index (χ1v) is 9.79. The van der Waals surface area contributed by atoms with Crippen LogP contribution in [0.4, 0.5) is 5.69 Å².